The summed E-state index contributed by atoms with van der Waals surface area (Å²) in [5, 5.41) is 9.54. The van der Waals surface area contributed by atoms with E-state index in [0.717, 1.165) is 28.1 Å². The van der Waals surface area contributed by atoms with Crippen LogP contribution in [0.2, 0.25) is 0 Å². The number of aromatic hydroxyl groups is 1. The molecule has 0 atom stereocenters. The van der Waals surface area contributed by atoms with Crippen molar-refractivity contribution in [2.75, 3.05) is 0 Å². The van der Waals surface area contributed by atoms with E-state index in [9.17, 15) is 9.90 Å². The molecule has 0 saturated heterocycles. The smallest absolute Gasteiger partial charge is 0.143 e. The van der Waals surface area contributed by atoms with Gasteiger partial charge in [-0.3, -0.25) is 9.78 Å². The Morgan fingerprint density at radius 2 is 1.37 bits per heavy atom. The van der Waals surface area contributed by atoms with Crippen molar-refractivity contribution in [3.8, 4) is 17.0 Å². The Balaban J connectivity index is 1.62. The lowest BCUT2D eigenvalue weighted by molar-refractivity contribution is -0.117. The van der Waals surface area contributed by atoms with Crippen LogP contribution in [0.5, 0.6) is 5.75 Å². The molecule has 1 heterocycles. The van der Waals surface area contributed by atoms with E-state index in [4.69, 9.17) is 4.98 Å². The minimum absolute atomic E-state index is 0.113. The molecule has 1 N–H and O–H groups in total. The molecule has 0 amide bonds. The standard InChI is InChI=1S/C26H22N2O2/c29-22-13-11-21(12-14-22)26-18-27-24(17-23(30)15-19-7-3-1-4-8-19)25(28-26)16-20-9-5-2-6-10-20/h1-14,18,29H,15-17H2. The van der Waals surface area contributed by atoms with E-state index >= 15 is 0 Å². The number of hydrogen-bond donors (Lipinski definition) is 1. The number of Topliss-reactive ketones (excluding diaryl/α,β-unsaturated/α-hetero) is 1. The first-order valence-electron chi connectivity index (χ1n) is 9.91. The molecule has 0 unspecified atom stereocenters. The van der Waals surface area contributed by atoms with E-state index < -0.39 is 0 Å². The summed E-state index contributed by atoms with van der Waals surface area (Å²) < 4.78 is 0. The molecule has 0 spiro atoms. The maximum absolute atomic E-state index is 12.7. The second kappa shape index (κ2) is 9.14. The zero-order valence-corrected chi connectivity index (χ0v) is 16.5. The summed E-state index contributed by atoms with van der Waals surface area (Å²) in [6.07, 6.45) is 2.94. The van der Waals surface area contributed by atoms with E-state index in [-0.39, 0.29) is 18.0 Å². The van der Waals surface area contributed by atoms with Gasteiger partial charge in [0, 0.05) is 18.4 Å². The topological polar surface area (TPSA) is 63.1 Å². The third-order valence-corrected chi connectivity index (χ3v) is 4.92. The van der Waals surface area contributed by atoms with Crippen LogP contribution < -0.4 is 0 Å². The molecule has 4 nitrogen and oxygen atoms in total. The van der Waals surface area contributed by atoms with Crippen LogP contribution in [0, 0.1) is 0 Å². The average Bonchev–Trinajstić information content (AvgIpc) is 2.77. The van der Waals surface area contributed by atoms with Gasteiger partial charge < -0.3 is 5.11 Å². The van der Waals surface area contributed by atoms with Crippen molar-refractivity contribution in [3.05, 3.63) is 114 Å². The van der Waals surface area contributed by atoms with Crippen molar-refractivity contribution < 1.29 is 9.90 Å². The van der Waals surface area contributed by atoms with E-state index in [1.54, 1.807) is 18.3 Å². The number of carbonyl (C=O) groups excluding carboxylic acids is 1. The zero-order valence-electron chi connectivity index (χ0n) is 16.5. The van der Waals surface area contributed by atoms with Gasteiger partial charge in [0.25, 0.3) is 0 Å². The van der Waals surface area contributed by atoms with Crippen LogP contribution in [0.3, 0.4) is 0 Å². The van der Waals surface area contributed by atoms with Crippen LogP contribution in [0.25, 0.3) is 11.3 Å². The van der Waals surface area contributed by atoms with Crippen molar-refractivity contribution in [1.82, 2.24) is 9.97 Å². The molecule has 1 aromatic heterocycles. The average molecular weight is 394 g/mol. The van der Waals surface area contributed by atoms with Crippen LogP contribution in [0.4, 0.5) is 0 Å². The normalized spacial score (nSPS) is 10.7. The van der Waals surface area contributed by atoms with Crippen LogP contribution in [0.1, 0.15) is 22.5 Å². The van der Waals surface area contributed by atoms with Crippen molar-refractivity contribution in [3.63, 3.8) is 0 Å². The first-order chi connectivity index (χ1) is 14.7. The minimum Gasteiger partial charge on any atom is -0.508 e. The summed E-state index contributed by atoms with van der Waals surface area (Å²) in [6.45, 7) is 0. The molecule has 3 aromatic carbocycles. The number of nitrogens with zero attached hydrogens (tertiary/aromatic N) is 2. The number of phenols is 1. The maximum atomic E-state index is 12.7. The maximum Gasteiger partial charge on any atom is 0.143 e. The van der Waals surface area contributed by atoms with Gasteiger partial charge in [0.2, 0.25) is 0 Å². The molecule has 0 bridgehead atoms. The van der Waals surface area contributed by atoms with Gasteiger partial charge in [-0.05, 0) is 35.4 Å². The van der Waals surface area contributed by atoms with Crippen LogP contribution >= 0.6 is 0 Å². The molecule has 4 heteroatoms. The van der Waals surface area contributed by atoms with Gasteiger partial charge in [0.15, 0.2) is 0 Å². The summed E-state index contributed by atoms with van der Waals surface area (Å²) in [5.41, 5.74) is 5.22. The monoisotopic (exact) mass is 394 g/mol. The van der Waals surface area contributed by atoms with E-state index in [1.165, 1.54) is 0 Å². The Bertz CT molecular complexity index is 1120. The number of phenolic OH excluding ortho intramolecular Hbond substituents is 1. The number of aromatic nitrogens is 2. The van der Waals surface area contributed by atoms with Crippen LogP contribution in [-0.2, 0) is 24.1 Å². The first kappa shape index (κ1) is 19.5. The highest BCUT2D eigenvalue weighted by molar-refractivity contribution is 5.83. The largest absolute Gasteiger partial charge is 0.508 e. The van der Waals surface area contributed by atoms with E-state index in [0.29, 0.717) is 18.5 Å². The summed E-state index contributed by atoms with van der Waals surface area (Å²) >= 11 is 0. The van der Waals surface area contributed by atoms with Gasteiger partial charge in [-0.15, -0.1) is 0 Å². The van der Waals surface area contributed by atoms with Crippen molar-refractivity contribution in [2.24, 2.45) is 0 Å². The minimum atomic E-state index is 0.113. The Kier molecular flexibility index (Phi) is 5.95. The van der Waals surface area contributed by atoms with Crippen LogP contribution in [0.15, 0.2) is 91.1 Å². The number of rotatable bonds is 7. The number of hydrogen-bond acceptors (Lipinski definition) is 4. The predicted molar refractivity (Wildman–Crippen MR) is 117 cm³/mol. The zero-order chi connectivity index (χ0) is 20.8. The van der Waals surface area contributed by atoms with Crippen molar-refractivity contribution in [1.29, 1.82) is 0 Å². The molecule has 0 aliphatic carbocycles. The highest BCUT2D eigenvalue weighted by atomic mass is 16.3. The fourth-order valence-corrected chi connectivity index (χ4v) is 3.37. The van der Waals surface area contributed by atoms with Crippen LogP contribution in [-0.4, -0.2) is 20.9 Å². The number of benzene rings is 3. The molecular weight excluding hydrogens is 372 g/mol. The lowest BCUT2D eigenvalue weighted by atomic mass is 10.0. The van der Waals surface area contributed by atoms with Gasteiger partial charge in [-0.25, -0.2) is 4.98 Å². The SMILES string of the molecule is O=C(Cc1ccccc1)Cc1ncc(-c2ccc(O)cc2)nc1Cc1ccccc1. The summed E-state index contributed by atoms with van der Waals surface area (Å²) in [4.78, 5) is 22.1. The fraction of sp³-hybridized carbons (Fsp3) is 0.115. The molecule has 0 aliphatic rings. The lowest BCUT2D eigenvalue weighted by Gasteiger charge is -2.11. The highest BCUT2D eigenvalue weighted by Crippen LogP contribution is 2.22. The highest BCUT2D eigenvalue weighted by Gasteiger charge is 2.14. The Morgan fingerprint density at radius 1 is 0.733 bits per heavy atom. The number of ketones is 1. The second-order valence-corrected chi connectivity index (χ2v) is 7.24. The molecule has 4 aromatic rings. The Hall–Kier alpha value is -3.79. The molecule has 0 fully saturated rings. The summed E-state index contributed by atoms with van der Waals surface area (Å²) in [6, 6.07) is 26.7. The summed E-state index contributed by atoms with van der Waals surface area (Å²) in [5.74, 6) is 0.321. The molecule has 0 saturated carbocycles. The Morgan fingerprint density at radius 3 is 2.03 bits per heavy atom. The van der Waals surface area contributed by atoms with E-state index in [1.807, 2.05) is 72.8 Å². The van der Waals surface area contributed by atoms with E-state index in [2.05, 4.69) is 4.98 Å². The van der Waals surface area contributed by atoms with Gasteiger partial charge in [0.1, 0.15) is 11.5 Å². The fourth-order valence-electron chi connectivity index (χ4n) is 3.37. The van der Waals surface area contributed by atoms with Gasteiger partial charge in [-0.2, -0.15) is 0 Å². The summed E-state index contributed by atoms with van der Waals surface area (Å²) in [7, 11) is 0. The predicted octanol–water partition coefficient (Wildman–Crippen LogP) is 4.79. The van der Waals surface area contributed by atoms with Gasteiger partial charge >= 0.3 is 0 Å². The second-order valence-electron chi connectivity index (χ2n) is 7.24. The molecule has 148 valence electrons. The quantitative estimate of drug-likeness (QED) is 0.489. The van der Waals surface area contributed by atoms with Gasteiger partial charge in [0.05, 0.1) is 29.7 Å². The first-order valence-corrected chi connectivity index (χ1v) is 9.91. The van der Waals surface area contributed by atoms with Gasteiger partial charge in [-0.1, -0.05) is 60.7 Å². The lowest BCUT2D eigenvalue weighted by Crippen LogP contribution is -2.12. The van der Waals surface area contributed by atoms with Crippen molar-refractivity contribution >= 4 is 5.78 Å². The Labute approximate surface area is 175 Å². The third-order valence-electron chi connectivity index (χ3n) is 4.92. The molecule has 0 aliphatic heterocycles. The molecule has 4 rings (SSSR count). The molecule has 0 radical (unpaired) electrons. The third kappa shape index (κ3) is 4.97. The molecule has 30 heavy (non-hydrogen) atoms. The van der Waals surface area contributed by atoms with Crippen molar-refractivity contribution in [2.45, 2.75) is 19.3 Å². The number of carbonyl (C=O) groups is 1. The molecular formula is C26H22N2O2.